The summed E-state index contributed by atoms with van der Waals surface area (Å²) in [6, 6.07) is 0. The van der Waals surface area contributed by atoms with Crippen molar-refractivity contribution in [1.82, 2.24) is 15.0 Å². The van der Waals surface area contributed by atoms with Crippen molar-refractivity contribution in [2.75, 3.05) is 20.2 Å². The van der Waals surface area contributed by atoms with Gasteiger partial charge in [0, 0.05) is 13.7 Å². The van der Waals surface area contributed by atoms with Crippen LogP contribution in [-0.2, 0) is 16.8 Å². The molecule has 0 radical (unpaired) electrons. The second kappa shape index (κ2) is 5.34. The average molecular weight is 254 g/mol. The van der Waals surface area contributed by atoms with Crippen molar-refractivity contribution < 1.29 is 9.26 Å². The second-order valence-corrected chi connectivity index (χ2v) is 5.47. The molecule has 1 aromatic rings. The van der Waals surface area contributed by atoms with Crippen molar-refractivity contribution in [2.24, 2.45) is 5.73 Å². The minimum Gasteiger partial charge on any atom is -0.380 e. The van der Waals surface area contributed by atoms with Crippen LogP contribution in [0.25, 0.3) is 0 Å². The van der Waals surface area contributed by atoms with Crippen molar-refractivity contribution in [1.29, 1.82) is 0 Å². The van der Waals surface area contributed by atoms with Crippen LogP contribution in [0.1, 0.15) is 38.4 Å². The number of piperidine rings is 1. The molecule has 6 nitrogen and oxygen atoms in total. The summed E-state index contributed by atoms with van der Waals surface area (Å²) in [7, 11) is 1.76. The van der Waals surface area contributed by atoms with Crippen LogP contribution in [0.2, 0.25) is 0 Å². The van der Waals surface area contributed by atoms with E-state index >= 15 is 0 Å². The predicted molar refractivity (Wildman–Crippen MR) is 66.8 cm³/mol. The first-order valence-corrected chi connectivity index (χ1v) is 6.36. The lowest BCUT2D eigenvalue weighted by Gasteiger charge is -2.30. The number of aromatic nitrogens is 2. The fraction of sp³-hybridized carbons (Fsp3) is 0.833. The number of ether oxygens (including phenoxy) is 1. The van der Waals surface area contributed by atoms with Crippen LogP contribution in [0.15, 0.2) is 4.52 Å². The lowest BCUT2D eigenvalue weighted by molar-refractivity contribution is 0.0251. The number of nitrogens with two attached hydrogens (primary N) is 1. The molecule has 1 atom stereocenters. The monoisotopic (exact) mass is 254 g/mol. The highest BCUT2D eigenvalue weighted by molar-refractivity contribution is 4.99. The second-order valence-electron chi connectivity index (χ2n) is 5.47. The smallest absolute Gasteiger partial charge is 0.240 e. The number of rotatable bonds is 4. The molecule has 18 heavy (non-hydrogen) atoms. The van der Waals surface area contributed by atoms with Crippen LogP contribution in [0.3, 0.4) is 0 Å². The first-order chi connectivity index (χ1) is 8.49. The normalized spacial score (nSPS) is 22.3. The zero-order valence-electron chi connectivity index (χ0n) is 11.3. The van der Waals surface area contributed by atoms with Gasteiger partial charge in [0.25, 0.3) is 0 Å². The first kappa shape index (κ1) is 13.5. The largest absolute Gasteiger partial charge is 0.380 e. The Balaban J connectivity index is 1.95. The highest BCUT2D eigenvalue weighted by Crippen LogP contribution is 2.17. The van der Waals surface area contributed by atoms with Gasteiger partial charge < -0.3 is 15.0 Å². The van der Waals surface area contributed by atoms with E-state index in [1.165, 1.54) is 0 Å². The summed E-state index contributed by atoms with van der Waals surface area (Å²) in [4.78, 5) is 6.62. The van der Waals surface area contributed by atoms with Crippen molar-refractivity contribution in [3.05, 3.63) is 11.7 Å². The Morgan fingerprint density at radius 1 is 1.56 bits per heavy atom. The minimum absolute atomic E-state index is 0.312. The van der Waals surface area contributed by atoms with E-state index in [0.29, 0.717) is 24.4 Å². The fourth-order valence-corrected chi connectivity index (χ4v) is 2.12. The van der Waals surface area contributed by atoms with Gasteiger partial charge in [-0.05, 0) is 33.2 Å². The maximum absolute atomic E-state index is 5.93. The Morgan fingerprint density at radius 2 is 2.33 bits per heavy atom. The quantitative estimate of drug-likeness (QED) is 0.859. The molecule has 0 amide bonds. The zero-order valence-corrected chi connectivity index (χ0v) is 11.3. The van der Waals surface area contributed by atoms with Gasteiger partial charge in [-0.15, -0.1) is 0 Å². The SMILES string of the molecule is COC1CCCN(Cc2nc(C(C)(C)N)no2)C1. The highest BCUT2D eigenvalue weighted by atomic mass is 16.5. The molecule has 0 aromatic carbocycles. The molecule has 1 aliphatic heterocycles. The van der Waals surface area contributed by atoms with E-state index in [0.717, 1.165) is 25.9 Å². The third-order valence-corrected chi connectivity index (χ3v) is 3.20. The molecule has 1 fully saturated rings. The first-order valence-electron chi connectivity index (χ1n) is 6.36. The molecule has 6 heteroatoms. The molecule has 2 rings (SSSR count). The van der Waals surface area contributed by atoms with E-state index in [1.807, 2.05) is 13.8 Å². The van der Waals surface area contributed by atoms with Gasteiger partial charge >= 0.3 is 0 Å². The van der Waals surface area contributed by atoms with Crippen LogP contribution >= 0.6 is 0 Å². The molecule has 1 saturated heterocycles. The molecule has 0 saturated carbocycles. The van der Waals surface area contributed by atoms with E-state index in [9.17, 15) is 0 Å². The third-order valence-electron chi connectivity index (χ3n) is 3.20. The van der Waals surface area contributed by atoms with Crippen LogP contribution in [0, 0.1) is 0 Å². The van der Waals surface area contributed by atoms with Crippen LogP contribution in [0.5, 0.6) is 0 Å². The molecular formula is C12H22N4O2. The Bertz CT molecular complexity index is 386. The molecule has 0 aliphatic carbocycles. The van der Waals surface area contributed by atoms with Crippen LogP contribution in [0.4, 0.5) is 0 Å². The molecular weight excluding hydrogens is 232 g/mol. The van der Waals surface area contributed by atoms with Crippen molar-refractivity contribution in [2.45, 2.75) is 44.9 Å². The molecule has 102 valence electrons. The van der Waals surface area contributed by atoms with Gasteiger partial charge in [0.2, 0.25) is 5.89 Å². The van der Waals surface area contributed by atoms with Crippen molar-refractivity contribution in [3.8, 4) is 0 Å². The van der Waals surface area contributed by atoms with Gasteiger partial charge in [0.1, 0.15) is 0 Å². The lowest BCUT2D eigenvalue weighted by Crippen LogP contribution is -2.38. The molecule has 1 aliphatic rings. The van der Waals surface area contributed by atoms with Gasteiger partial charge in [-0.3, -0.25) is 4.90 Å². The Hall–Kier alpha value is -0.980. The number of likely N-dealkylation sites (tertiary alicyclic amines) is 1. The lowest BCUT2D eigenvalue weighted by atomic mass is 10.1. The van der Waals surface area contributed by atoms with Gasteiger partial charge in [0.15, 0.2) is 5.82 Å². The van der Waals surface area contributed by atoms with Crippen LogP contribution < -0.4 is 5.73 Å². The van der Waals surface area contributed by atoms with E-state index in [-0.39, 0.29) is 0 Å². The number of nitrogens with zero attached hydrogens (tertiary/aromatic N) is 3. The van der Waals surface area contributed by atoms with E-state index < -0.39 is 5.54 Å². The predicted octanol–water partition coefficient (Wildman–Crippen LogP) is 0.874. The van der Waals surface area contributed by atoms with Crippen molar-refractivity contribution in [3.63, 3.8) is 0 Å². The minimum atomic E-state index is -0.557. The average Bonchev–Trinajstić information content (AvgIpc) is 2.77. The molecule has 0 bridgehead atoms. The molecule has 0 spiro atoms. The Kier molecular flexibility index (Phi) is 3.99. The van der Waals surface area contributed by atoms with E-state index in [1.54, 1.807) is 7.11 Å². The van der Waals surface area contributed by atoms with E-state index in [4.69, 9.17) is 15.0 Å². The molecule has 2 N–H and O–H groups in total. The van der Waals surface area contributed by atoms with E-state index in [2.05, 4.69) is 15.0 Å². The summed E-state index contributed by atoms with van der Waals surface area (Å²) in [5, 5.41) is 3.92. The number of hydrogen-bond acceptors (Lipinski definition) is 6. The number of methoxy groups -OCH3 is 1. The maximum Gasteiger partial charge on any atom is 0.240 e. The summed E-state index contributed by atoms with van der Waals surface area (Å²) < 4.78 is 10.6. The number of hydrogen-bond donors (Lipinski definition) is 1. The Morgan fingerprint density at radius 3 is 2.94 bits per heavy atom. The standard InChI is InChI=1S/C12H22N4O2/c1-12(2,13)11-14-10(18-15-11)8-16-6-4-5-9(7-16)17-3/h9H,4-8,13H2,1-3H3. The summed E-state index contributed by atoms with van der Waals surface area (Å²) in [5.41, 5.74) is 5.37. The summed E-state index contributed by atoms with van der Waals surface area (Å²) >= 11 is 0. The Labute approximate surface area is 107 Å². The van der Waals surface area contributed by atoms with Gasteiger partial charge in [-0.1, -0.05) is 5.16 Å². The van der Waals surface area contributed by atoms with Crippen molar-refractivity contribution >= 4 is 0 Å². The van der Waals surface area contributed by atoms with Gasteiger partial charge in [0.05, 0.1) is 18.2 Å². The third kappa shape index (κ3) is 3.28. The summed E-state index contributed by atoms with van der Waals surface area (Å²) in [5.74, 6) is 1.18. The topological polar surface area (TPSA) is 77.4 Å². The molecule has 1 unspecified atom stereocenters. The highest BCUT2D eigenvalue weighted by Gasteiger charge is 2.24. The van der Waals surface area contributed by atoms with Crippen LogP contribution in [-0.4, -0.2) is 41.3 Å². The summed E-state index contributed by atoms with van der Waals surface area (Å²) in [6.07, 6.45) is 2.58. The maximum atomic E-state index is 5.93. The molecule has 2 heterocycles. The van der Waals surface area contributed by atoms with Gasteiger partial charge in [-0.25, -0.2) is 0 Å². The zero-order chi connectivity index (χ0) is 13.2. The summed E-state index contributed by atoms with van der Waals surface area (Å²) in [6.45, 7) is 6.36. The van der Waals surface area contributed by atoms with Gasteiger partial charge in [-0.2, -0.15) is 4.98 Å². The molecule has 1 aromatic heterocycles. The fourth-order valence-electron chi connectivity index (χ4n) is 2.12.